The second kappa shape index (κ2) is 4.73. The second-order valence-corrected chi connectivity index (χ2v) is 4.24. The van der Waals surface area contributed by atoms with Crippen molar-refractivity contribution in [2.75, 3.05) is 12.8 Å². The van der Waals surface area contributed by atoms with Crippen molar-refractivity contribution in [3.63, 3.8) is 0 Å². The van der Waals surface area contributed by atoms with Gasteiger partial charge in [0.15, 0.2) is 17.3 Å². The van der Waals surface area contributed by atoms with Crippen molar-refractivity contribution >= 4 is 27.6 Å². The van der Waals surface area contributed by atoms with E-state index in [1.165, 1.54) is 25.6 Å². The van der Waals surface area contributed by atoms with Gasteiger partial charge in [0.1, 0.15) is 0 Å². The number of rotatable bonds is 2. The highest BCUT2D eigenvalue weighted by atomic mass is 79.9. The van der Waals surface area contributed by atoms with Crippen molar-refractivity contribution < 1.29 is 13.9 Å². The number of aromatic nitrogens is 3. The highest BCUT2D eigenvalue weighted by molar-refractivity contribution is 9.10. The van der Waals surface area contributed by atoms with E-state index in [0.29, 0.717) is 4.47 Å². The van der Waals surface area contributed by atoms with Crippen LogP contribution in [0.15, 0.2) is 22.9 Å². The van der Waals surface area contributed by atoms with Crippen LogP contribution < -0.4 is 5.73 Å². The average Bonchev–Trinajstić information content (AvgIpc) is 2.70. The maximum atomic E-state index is 13.6. The Kier molecular flexibility index (Phi) is 3.28. The normalized spacial score (nSPS) is 10.4. The molecule has 0 aliphatic rings. The molecular weight excluding hydrogens is 307 g/mol. The first-order chi connectivity index (χ1) is 8.52. The van der Waals surface area contributed by atoms with Gasteiger partial charge in [-0.2, -0.15) is 5.10 Å². The van der Waals surface area contributed by atoms with E-state index in [0.717, 1.165) is 4.68 Å². The van der Waals surface area contributed by atoms with Gasteiger partial charge in [-0.05, 0) is 22.0 Å². The van der Waals surface area contributed by atoms with Crippen LogP contribution in [0.25, 0.3) is 5.82 Å². The molecule has 0 saturated carbocycles. The lowest BCUT2D eigenvalue weighted by Crippen LogP contribution is -2.07. The van der Waals surface area contributed by atoms with Crippen molar-refractivity contribution in [1.82, 2.24) is 14.8 Å². The molecule has 0 saturated heterocycles. The molecule has 0 fully saturated rings. The summed E-state index contributed by atoms with van der Waals surface area (Å²) in [7, 11) is 1.21. The topological polar surface area (TPSA) is 83.0 Å². The van der Waals surface area contributed by atoms with Gasteiger partial charge < -0.3 is 10.5 Å². The molecule has 2 N–H and O–H groups in total. The predicted octanol–water partition coefficient (Wildman–Crippen LogP) is 1.54. The standard InChI is InChI=1S/C10H8BrFN4O2/c1-18-10(17)8-7(13)4-16(15-8)9-6(12)2-5(11)3-14-9/h2-4H,13H2,1H3. The first kappa shape index (κ1) is 12.5. The van der Waals surface area contributed by atoms with Crippen LogP contribution in [0.5, 0.6) is 0 Å². The fourth-order valence-corrected chi connectivity index (χ4v) is 1.63. The van der Waals surface area contributed by atoms with E-state index >= 15 is 0 Å². The largest absolute Gasteiger partial charge is 0.464 e. The Hall–Kier alpha value is -1.96. The Morgan fingerprint density at radius 3 is 2.94 bits per heavy atom. The summed E-state index contributed by atoms with van der Waals surface area (Å²) in [4.78, 5) is 15.2. The third kappa shape index (κ3) is 2.19. The van der Waals surface area contributed by atoms with E-state index in [1.807, 2.05) is 0 Å². The SMILES string of the molecule is COC(=O)c1nn(-c2ncc(Br)cc2F)cc1N. The Morgan fingerprint density at radius 2 is 2.33 bits per heavy atom. The number of pyridine rings is 1. The van der Waals surface area contributed by atoms with Crippen LogP contribution in [0.1, 0.15) is 10.5 Å². The second-order valence-electron chi connectivity index (χ2n) is 3.33. The summed E-state index contributed by atoms with van der Waals surface area (Å²) in [6, 6.07) is 1.23. The van der Waals surface area contributed by atoms with Gasteiger partial charge in [0, 0.05) is 10.7 Å². The predicted molar refractivity (Wildman–Crippen MR) is 64.8 cm³/mol. The molecule has 2 aromatic rings. The monoisotopic (exact) mass is 314 g/mol. The molecule has 0 radical (unpaired) electrons. The zero-order valence-electron chi connectivity index (χ0n) is 9.22. The fraction of sp³-hybridized carbons (Fsp3) is 0.100. The van der Waals surface area contributed by atoms with Crippen molar-refractivity contribution in [2.45, 2.75) is 0 Å². The molecular formula is C10H8BrFN4O2. The van der Waals surface area contributed by atoms with Crippen LogP contribution in [0, 0.1) is 5.82 Å². The highest BCUT2D eigenvalue weighted by Gasteiger charge is 2.17. The van der Waals surface area contributed by atoms with Crippen molar-refractivity contribution in [3.8, 4) is 5.82 Å². The number of esters is 1. The van der Waals surface area contributed by atoms with Gasteiger partial charge in [0.2, 0.25) is 0 Å². The number of anilines is 1. The summed E-state index contributed by atoms with van der Waals surface area (Å²) in [5, 5.41) is 3.84. The summed E-state index contributed by atoms with van der Waals surface area (Å²) in [6.45, 7) is 0. The van der Waals surface area contributed by atoms with Gasteiger partial charge in [-0.25, -0.2) is 18.9 Å². The van der Waals surface area contributed by atoms with Gasteiger partial charge in [0.25, 0.3) is 0 Å². The van der Waals surface area contributed by atoms with Crippen molar-refractivity contribution in [3.05, 3.63) is 34.4 Å². The lowest BCUT2D eigenvalue weighted by molar-refractivity contribution is 0.0594. The molecule has 0 aliphatic carbocycles. The molecule has 0 atom stereocenters. The van der Waals surface area contributed by atoms with Crippen LogP contribution >= 0.6 is 15.9 Å². The van der Waals surface area contributed by atoms with Crippen LogP contribution in [0.4, 0.5) is 10.1 Å². The van der Waals surface area contributed by atoms with Gasteiger partial charge in [-0.1, -0.05) is 0 Å². The zero-order chi connectivity index (χ0) is 13.3. The highest BCUT2D eigenvalue weighted by Crippen LogP contribution is 2.18. The molecule has 0 amide bonds. The van der Waals surface area contributed by atoms with E-state index in [-0.39, 0.29) is 17.2 Å². The molecule has 0 spiro atoms. The number of nitrogen functional groups attached to an aromatic ring is 1. The first-order valence-electron chi connectivity index (χ1n) is 4.78. The number of ether oxygens (including phenoxy) is 1. The molecule has 6 nitrogen and oxygen atoms in total. The average molecular weight is 315 g/mol. The van der Waals surface area contributed by atoms with Crippen molar-refractivity contribution in [2.24, 2.45) is 0 Å². The molecule has 2 aromatic heterocycles. The Morgan fingerprint density at radius 1 is 1.61 bits per heavy atom. The maximum absolute atomic E-state index is 13.6. The number of halogens is 2. The summed E-state index contributed by atoms with van der Waals surface area (Å²) < 4.78 is 19.7. The van der Waals surface area contributed by atoms with Gasteiger partial charge >= 0.3 is 5.97 Å². The zero-order valence-corrected chi connectivity index (χ0v) is 10.8. The molecule has 2 rings (SSSR count). The Bertz CT molecular complexity index is 614. The number of carbonyl (C=O) groups is 1. The molecule has 94 valence electrons. The van der Waals surface area contributed by atoms with Crippen LogP contribution in [0.3, 0.4) is 0 Å². The van der Waals surface area contributed by atoms with Gasteiger partial charge in [-0.15, -0.1) is 0 Å². The van der Waals surface area contributed by atoms with E-state index in [2.05, 4.69) is 30.7 Å². The third-order valence-electron chi connectivity index (χ3n) is 2.13. The molecule has 0 unspecified atom stereocenters. The van der Waals surface area contributed by atoms with Gasteiger partial charge in [-0.3, -0.25) is 0 Å². The van der Waals surface area contributed by atoms with Gasteiger partial charge in [0.05, 0.1) is 19.0 Å². The van der Waals surface area contributed by atoms with E-state index in [1.54, 1.807) is 0 Å². The minimum atomic E-state index is -0.691. The smallest absolute Gasteiger partial charge is 0.360 e. The molecule has 2 heterocycles. The molecule has 0 aliphatic heterocycles. The van der Waals surface area contributed by atoms with Crippen LogP contribution in [0.2, 0.25) is 0 Å². The van der Waals surface area contributed by atoms with E-state index in [9.17, 15) is 9.18 Å². The summed E-state index contributed by atoms with van der Waals surface area (Å²) >= 11 is 3.09. The first-order valence-corrected chi connectivity index (χ1v) is 5.57. The lowest BCUT2D eigenvalue weighted by Gasteiger charge is -2.01. The number of nitrogens with two attached hydrogens (primary N) is 1. The Labute approximate surface area is 110 Å². The minimum Gasteiger partial charge on any atom is -0.464 e. The Balaban J connectivity index is 2.49. The number of hydrogen-bond acceptors (Lipinski definition) is 5. The fourth-order valence-electron chi connectivity index (χ4n) is 1.33. The summed E-state index contributed by atoms with van der Waals surface area (Å²) in [5.41, 5.74) is 5.60. The lowest BCUT2D eigenvalue weighted by atomic mass is 10.4. The number of hydrogen-bond donors (Lipinski definition) is 1. The van der Waals surface area contributed by atoms with Crippen molar-refractivity contribution in [1.29, 1.82) is 0 Å². The summed E-state index contributed by atoms with van der Waals surface area (Å²) in [6.07, 6.45) is 2.71. The molecule has 0 aromatic carbocycles. The number of nitrogens with zero attached hydrogens (tertiary/aromatic N) is 3. The summed E-state index contributed by atoms with van der Waals surface area (Å²) in [5.74, 6) is -1.34. The quantitative estimate of drug-likeness (QED) is 0.850. The molecule has 8 heteroatoms. The van der Waals surface area contributed by atoms with Crippen LogP contribution in [-0.2, 0) is 4.74 Å². The number of carbonyl (C=O) groups excluding carboxylic acids is 1. The minimum absolute atomic E-state index is 0.0555. The van der Waals surface area contributed by atoms with E-state index < -0.39 is 11.8 Å². The van der Waals surface area contributed by atoms with Crippen LogP contribution in [-0.4, -0.2) is 27.8 Å². The maximum Gasteiger partial charge on any atom is 0.360 e. The molecule has 18 heavy (non-hydrogen) atoms. The molecule has 0 bridgehead atoms. The third-order valence-corrected chi connectivity index (χ3v) is 2.56. The van der Waals surface area contributed by atoms with E-state index in [4.69, 9.17) is 5.73 Å². The number of methoxy groups -OCH3 is 1.